The first kappa shape index (κ1) is 17.9. The second kappa shape index (κ2) is 7.75. The van der Waals surface area contributed by atoms with E-state index in [4.69, 9.17) is 4.74 Å². The number of rotatable bonds is 8. The third-order valence-corrected chi connectivity index (χ3v) is 3.24. The van der Waals surface area contributed by atoms with Crippen LogP contribution in [0.3, 0.4) is 0 Å². The molecule has 2 atom stereocenters. The highest BCUT2D eigenvalue weighted by Crippen LogP contribution is 2.25. The molecule has 1 aromatic rings. The molecule has 0 aliphatic rings. The second-order valence-corrected chi connectivity index (χ2v) is 6.13. The molecule has 0 bridgehead atoms. The Morgan fingerprint density at radius 1 is 1.38 bits per heavy atom. The van der Waals surface area contributed by atoms with Crippen LogP contribution in [0.5, 0.6) is 5.75 Å². The van der Waals surface area contributed by atoms with Crippen molar-refractivity contribution in [2.45, 2.75) is 25.6 Å². The summed E-state index contributed by atoms with van der Waals surface area (Å²) in [5.41, 5.74) is 1.00. The van der Waals surface area contributed by atoms with Gasteiger partial charge in [0.05, 0.1) is 18.8 Å². The maximum atomic E-state index is 10.3. The maximum absolute atomic E-state index is 10.3. The topological polar surface area (TPSA) is 65.0 Å². The molecule has 1 aromatic carbocycles. The van der Waals surface area contributed by atoms with Gasteiger partial charge in [0, 0.05) is 25.2 Å². The summed E-state index contributed by atoms with van der Waals surface area (Å²) in [4.78, 5) is 1.93. The van der Waals surface area contributed by atoms with Crippen molar-refractivity contribution in [2.24, 2.45) is 0 Å². The summed E-state index contributed by atoms with van der Waals surface area (Å²) >= 11 is 0. The van der Waals surface area contributed by atoms with E-state index in [9.17, 15) is 10.2 Å². The summed E-state index contributed by atoms with van der Waals surface area (Å²) < 4.78 is 5.28. The van der Waals surface area contributed by atoms with E-state index in [0.29, 0.717) is 25.4 Å². The summed E-state index contributed by atoms with van der Waals surface area (Å²) in [5, 5.41) is 23.6. The van der Waals surface area contributed by atoms with Crippen molar-refractivity contribution >= 4 is 0 Å². The maximum Gasteiger partial charge on any atom is 0.124 e. The van der Waals surface area contributed by atoms with Crippen LogP contribution >= 0.6 is 0 Å². The van der Waals surface area contributed by atoms with E-state index in [1.54, 1.807) is 14.0 Å². The van der Waals surface area contributed by atoms with E-state index >= 15 is 0 Å². The number of hydrogen-bond donors (Lipinski definition) is 3. The van der Waals surface area contributed by atoms with Crippen molar-refractivity contribution in [1.29, 1.82) is 0 Å². The Labute approximate surface area is 127 Å². The molecule has 1 rings (SSSR count). The minimum atomic E-state index is -0.833. The van der Waals surface area contributed by atoms with Crippen molar-refractivity contribution in [3.8, 4) is 5.75 Å². The molecule has 0 spiro atoms. The highest BCUT2D eigenvalue weighted by atomic mass is 16.5. The summed E-state index contributed by atoms with van der Waals surface area (Å²) in [6.07, 6.45) is -0.671. The fourth-order valence-corrected chi connectivity index (χ4v) is 2.44. The van der Waals surface area contributed by atoms with Gasteiger partial charge in [0.15, 0.2) is 0 Å². The van der Waals surface area contributed by atoms with Crippen LogP contribution in [0.4, 0.5) is 0 Å². The molecule has 0 aliphatic carbocycles. The molecule has 21 heavy (non-hydrogen) atoms. The predicted octanol–water partition coefficient (Wildman–Crippen LogP) is 0.939. The lowest BCUT2D eigenvalue weighted by Crippen LogP contribution is -2.46. The molecule has 0 amide bonds. The molecular formula is C16H28N2O3. The predicted molar refractivity (Wildman–Crippen MR) is 84.7 cm³/mol. The standard InChI is InChI=1S/C16H28N2O3/c1-12-6-7-15(21-5)13(8-12)14(19)9-17-10-16(2,20)11-18(3)4/h6-8,14,17,19-20H,9-11H2,1-5H3. The SMILES string of the molecule is COc1ccc(C)cc1C(O)CNCC(C)(O)CN(C)C. The minimum Gasteiger partial charge on any atom is -0.496 e. The molecular weight excluding hydrogens is 268 g/mol. The molecule has 0 fully saturated rings. The third kappa shape index (κ3) is 6.01. The molecule has 3 N–H and O–H groups in total. The van der Waals surface area contributed by atoms with Gasteiger partial charge in [0.2, 0.25) is 0 Å². The Balaban J connectivity index is 2.58. The average molecular weight is 296 g/mol. The summed E-state index contributed by atoms with van der Waals surface area (Å²) in [7, 11) is 5.43. The van der Waals surface area contributed by atoms with Crippen molar-refractivity contribution in [2.75, 3.05) is 40.8 Å². The first-order valence-electron chi connectivity index (χ1n) is 7.15. The van der Waals surface area contributed by atoms with Crippen LogP contribution in [0.15, 0.2) is 18.2 Å². The van der Waals surface area contributed by atoms with Gasteiger partial charge in [-0.1, -0.05) is 11.6 Å². The summed E-state index contributed by atoms with van der Waals surface area (Å²) in [6, 6.07) is 5.73. The molecule has 0 saturated heterocycles. The van der Waals surface area contributed by atoms with Crippen LogP contribution < -0.4 is 10.1 Å². The Hall–Kier alpha value is -1.14. The van der Waals surface area contributed by atoms with Gasteiger partial charge >= 0.3 is 0 Å². The van der Waals surface area contributed by atoms with Crippen LogP contribution in [0, 0.1) is 6.92 Å². The van der Waals surface area contributed by atoms with Crippen molar-refractivity contribution in [3.05, 3.63) is 29.3 Å². The van der Waals surface area contributed by atoms with Gasteiger partial charge in [-0.05, 0) is 40.1 Å². The molecule has 5 heteroatoms. The number of nitrogens with one attached hydrogen (secondary N) is 1. The lowest BCUT2D eigenvalue weighted by atomic mass is 10.0. The fourth-order valence-electron chi connectivity index (χ4n) is 2.44. The lowest BCUT2D eigenvalue weighted by molar-refractivity contribution is 0.0307. The van der Waals surface area contributed by atoms with E-state index in [0.717, 1.165) is 11.1 Å². The van der Waals surface area contributed by atoms with Gasteiger partial charge in [-0.2, -0.15) is 0 Å². The number of methoxy groups -OCH3 is 1. The molecule has 0 saturated carbocycles. The number of likely N-dealkylation sites (N-methyl/N-ethyl adjacent to an activating group) is 1. The zero-order chi connectivity index (χ0) is 16.0. The summed E-state index contributed by atoms with van der Waals surface area (Å²) in [6.45, 7) is 5.09. The Morgan fingerprint density at radius 3 is 2.62 bits per heavy atom. The first-order chi connectivity index (χ1) is 9.75. The van der Waals surface area contributed by atoms with Gasteiger partial charge in [-0.15, -0.1) is 0 Å². The second-order valence-electron chi connectivity index (χ2n) is 6.13. The van der Waals surface area contributed by atoms with Gasteiger partial charge in [-0.25, -0.2) is 0 Å². The number of aliphatic hydroxyl groups excluding tert-OH is 1. The third-order valence-electron chi connectivity index (χ3n) is 3.24. The normalized spacial score (nSPS) is 15.8. The van der Waals surface area contributed by atoms with Gasteiger partial charge < -0.3 is 25.2 Å². The molecule has 5 nitrogen and oxygen atoms in total. The number of hydrogen-bond acceptors (Lipinski definition) is 5. The number of benzene rings is 1. The van der Waals surface area contributed by atoms with Crippen molar-refractivity contribution in [1.82, 2.24) is 10.2 Å². The van der Waals surface area contributed by atoms with E-state index in [1.807, 2.05) is 44.1 Å². The number of aliphatic hydroxyl groups is 2. The Morgan fingerprint density at radius 2 is 2.05 bits per heavy atom. The Bertz CT molecular complexity index is 447. The molecule has 0 radical (unpaired) electrons. The molecule has 120 valence electrons. The zero-order valence-corrected chi connectivity index (χ0v) is 13.7. The van der Waals surface area contributed by atoms with Crippen LogP contribution in [-0.2, 0) is 0 Å². The number of aryl methyl sites for hydroxylation is 1. The lowest BCUT2D eigenvalue weighted by Gasteiger charge is -2.27. The van der Waals surface area contributed by atoms with E-state index in [-0.39, 0.29) is 0 Å². The monoisotopic (exact) mass is 296 g/mol. The highest BCUT2D eigenvalue weighted by molar-refractivity contribution is 5.38. The van der Waals surface area contributed by atoms with Gasteiger partial charge in [-0.3, -0.25) is 0 Å². The molecule has 2 unspecified atom stereocenters. The van der Waals surface area contributed by atoms with Crippen LogP contribution in [0.1, 0.15) is 24.2 Å². The fraction of sp³-hybridized carbons (Fsp3) is 0.625. The van der Waals surface area contributed by atoms with Gasteiger partial charge in [0.1, 0.15) is 5.75 Å². The first-order valence-corrected chi connectivity index (χ1v) is 7.15. The average Bonchev–Trinajstić information content (AvgIpc) is 2.36. The minimum absolute atomic E-state index is 0.364. The van der Waals surface area contributed by atoms with Crippen LogP contribution in [0.2, 0.25) is 0 Å². The van der Waals surface area contributed by atoms with Crippen molar-refractivity contribution in [3.63, 3.8) is 0 Å². The molecule has 0 aromatic heterocycles. The number of nitrogens with zero attached hydrogens (tertiary/aromatic N) is 1. The van der Waals surface area contributed by atoms with Crippen LogP contribution in [0.25, 0.3) is 0 Å². The van der Waals surface area contributed by atoms with E-state index < -0.39 is 11.7 Å². The largest absolute Gasteiger partial charge is 0.496 e. The van der Waals surface area contributed by atoms with E-state index in [2.05, 4.69) is 5.32 Å². The van der Waals surface area contributed by atoms with Gasteiger partial charge in [0.25, 0.3) is 0 Å². The Kier molecular flexibility index (Phi) is 6.61. The summed E-state index contributed by atoms with van der Waals surface area (Å²) in [5.74, 6) is 0.676. The van der Waals surface area contributed by atoms with E-state index in [1.165, 1.54) is 0 Å². The van der Waals surface area contributed by atoms with Crippen molar-refractivity contribution < 1.29 is 14.9 Å². The van der Waals surface area contributed by atoms with Crippen LogP contribution in [-0.4, -0.2) is 61.6 Å². The smallest absolute Gasteiger partial charge is 0.124 e. The number of ether oxygens (including phenoxy) is 1. The molecule has 0 heterocycles. The highest BCUT2D eigenvalue weighted by Gasteiger charge is 2.22. The quantitative estimate of drug-likeness (QED) is 0.666. The molecule has 0 aliphatic heterocycles. The zero-order valence-electron chi connectivity index (χ0n) is 13.7.